The van der Waals surface area contributed by atoms with Crippen molar-refractivity contribution in [1.82, 2.24) is 0 Å². The molecule has 4 nitrogen and oxygen atoms in total. The van der Waals surface area contributed by atoms with Crippen molar-refractivity contribution in [3.63, 3.8) is 0 Å². The molecule has 0 fully saturated rings. The van der Waals surface area contributed by atoms with Crippen LogP contribution in [0, 0.1) is 0 Å². The van der Waals surface area contributed by atoms with Gasteiger partial charge in [-0.1, -0.05) is 0 Å². The van der Waals surface area contributed by atoms with Crippen molar-refractivity contribution >= 4 is 10.1 Å². The summed E-state index contributed by atoms with van der Waals surface area (Å²) in [6.45, 7) is 14.2. The maximum absolute atomic E-state index is 12.9. The van der Waals surface area contributed by atoms with Crippen molar-refractivity contribution in [1.29, 1.82) is 0 Å². The van der Waals surface area contributed by atoms with E-state index in [4.69, 9.17) is 0 Å². The molecule has 0 N–H and O–H groups in total. The summed E-state index contributed by atoms with van der Waals surface area (Å²) in [6, 6.07) is 0. The van der Waals surface area contributed by atoms with E-state index in [1.807, 2.05) is 0 Å². The van der Waals surface area contributed by atoms with E-state index in [0.717, 1.165) is 0 Å². The van der Waals surface area contributed by atoms with E-state index in [1.165, 1.54) is 30.7 Å². The quantitative estimate of drug-likeness (QED) is 0.170. The second kappa shape index (κ2) is 11.2. The van der Waals surface area contributed by atoms with Gasteiger partial charge in [0.2, 0.25) is 0 Å². The Balaban J connectivity index is 0. The zero-order valence-corrected chi connectivity index (χ0v) is 18.0. The molecule has 0 spiro atoms. The molecule has 0 heterocycles. The molecule has 0 rings (SSSR count). The predicted molar refractivity (Wildman–Crippen MR) is 91.5 cm³/mol. The van der Waals surface area contributed by atoms with Gasteiger partial charge < -0.3 is 9.04 Å². The number of halogens is 9. The minimum absolute atomic E-state index is 1.05. The summed E-state index contributed by atoms with van der Waals surface area (Å²) in [5.41, 5.74) is 0. The number of hydrogen-bond donors (Lipinski definition) is 0. The zero-order valence-electron chi connectivity index (χ0n) is 17.1. The first-order valence-corrected chi connectivity index (χ1v) is 10.6. The molecule has 30 heavy (non-hydrogen) atoms. The largest absolute Gasteiger partial charge is 0.743 e. The maximum Gasteiger partial charge on any atom is 0.402 e. The molecular formula is C16H28F9NO3S. The smallest absolute Gasteiger partial charge is 0.402 e. The zero-order chi connectivity index (χ0) is 24.7. The van der Waals surface area contributed by atoms with Crippen LogP contribution in [-0.4, -0.2) is 66.9 Å². The molecule has 0 aromatic heterocycles. The third kappa shape index (κ3) is 8.40. The average Bonchev–Trinajstić information content (AvgIpc) is 2.60. The Labute approximate surface area is 170 Å². The van der Waals surface area contributed by atoms with Crippen LogP contribution in [0.3, 0.4) is 0 Å². The summed E-state index contributed by atoms with van der Waals surface area (Å²) in [5, 5.41) is -6.59. The molecule has 0 amide bonds. The van der Waals surface area contributed by atoms with E-state index in [9.17, 15) is 52.5 Å². The van der Waals surface area contributed by atoms with Crippen LogP contribution in [0.5, 0.6) is 0 Å². The number of hydrogen-bond acceptors (Lipinski definition) is 3. The van der Waals surface area contributed by atoms with Crippen LogP contribution in [0.1, 0.15) is 53.4 Å². The van der Waals surface area contributed by atoms with E-state index in [2.05, 4.69) is 27.7 Å². The monoisotopic (exact) mass is 485 g/mol. The van der Waals surface area contributed by atoms with Crippen LogP contribution in [0.25, 0.3) is 0 Å². The van der Waals surface area contributed by atoms with Crippen LogP contribution in [0.2, 0.25) is 0 Å². The Bertz CT molecular complexity index is 586. The summed E-state index contributed by atoms with van der Waals surface area (Å²) in [7, 11) is -7.09. The highest BCUT2D eigenvalue weighted by Gasteiger charge is 2.74. The van der Waals surface area contributed by atoms with Gasteiger partial charge in [-0.15, -0.1) is 0 Å². The minimum atomic E-state index is -7.09. The summed E-state index contributed by atoms with van der Waals surface area (Å²) in [6.07, 6.45) is -10.8. The molecule has 0 radical (unpaired) electrons. The van der Waals surface area contributed by atoms with Crippen molar-refractivity contribution in [2.24, 2.45) is 0 Å². The van der Waals surface area contributed by atoms with Gasteiger partial charge in [-0.05, 0) is 40.5 Å². The van der Waals surface area contributed by atoms with Gasteiger partial charge in [-0.3, -0.25) is 0 Å². The number of quaternary nitrogens is 1. The normalized spacial score (nSPS) is 14.3. The van der Waals surface area contributed by atoms with Crippen molar-refractivity contribution < 1.29 is 57.0 Å². The molecule has 0 saturated heterocycles. The van der Waals surface area contributed by atoms with Crippen molar-refractivity contribution in [2.45, 2.75) is 76.7 Å². The number of rotatable bonds is 11. The van der Waals surface area contributed by atoms with E-state index in [0.29, 0.717) is 0 Å². The molecule has 0 aliphatic heterocycles. The molecule has 0 atom stereocenters. The minimum Gasteiger partial charge on any atom is -0.743 e. The van der Waals surface area contributed by atoms with E-state index in [1.54, 1.807) is 0 Å². The lowest BCUT2D eigenvalue weighted by molar-refractivity contribution is -0.921. The molecule has 0 aromatic carbocycles. The lowest BCUT2D eigenvalue weighted by Crippen LogP contribution is -2.57. The highest BCUT2D eigenvalue weighted by atomic mass is 32.2. The van der Waals surface area contributed by atoms with Crippen LogP contribution in [-0.2, 0) is 10.1 Å². The fraction of sp³-hybridized carbons (Fsp3) is 1.00. The van der Waals surface area contributed by atoms with E-state index in [-0.39, 0.29) is 0 Å². The Morgan fingerprint density at radius 1 is 0.700 bits per heavy atom. The molecule has 0 bridgehead atoms. The molecular weight excluding hydrogens is 457 g/mol. The fourth-order valence-corrected chi connectivity index (χ4v) is 3.00. The lowest BCUT2D eigenvalue weighted by atomic mass is 10.0. The number of alkyl halides is 9. The van der Waals surface area contributed by atoms with Gasteiger partial charge in [0.15, 0.2) is 10.1 Å². The first-order chi connectivity index (χ1) is 13.2. The standard InChI is InChI=1S/C8H9F9O3S.C8H20N/c9-5(10,3-1-2-4-6(11,12)13)7(14,15)8(16,17)21(18,19)20;1-5-9(6-2,7-3)8-4/h1-4H2,(H,18,19,20);5-8H2,1-4H3/q;+1/p-1. The van der Waals surface area contributed by atoms with Gasteiger partial charge in [0.05, 0.1) is 26.2 Å². The average molecular weight is 485 g/mol. The van der Waals surface area contributed by atoms with Gasteiger partial charge in [-0.2, -0.15) is 39.5 Å². The summed E-state index contributed by atoms with van der Waals surface area (Å²) >= 11 is 0. The Morgan fingerprint density at radius 2 is 1.03 bits per heavy atom. The van der Waals surface area contributed by atoms with Crippen molar-refractivity contribution in [2.75, 3.05) is 26.2 Å². The first-order valence-electron chi connectivity index (χ1n) is 9.21. The summed E-state index contributed by atoms with van der Waals surface area (Å²) in [5.74, 6) is -12.2. The van der Waals surface area contributed by atoms with Crippen LogP contribution in [0.15, 0.2) is 0 Å². The number of nitrogens with zero attached hydrogens (tertiary/aromatic N) is 1. The third-order valence-corrected chi connectivity index (χ3v) is 5.91. The van der Waals surface area contributed by atoms with E-state index < -0.39 is 59.1 Å². The summed E-state index contributed by atoms with van der Waals surface area (Å²) in [4.78, 5) is 0. The SMILES string of the molecule is CC[N+](CC)(CC)CC.O=S(=O)([O-])C(F)(F)C(F)(F)C(F)(F)CCCCC(F)(F)F. The van der Waals surface area contributed by atoms with Crippen molar-refractivity contribution in [3.05, 3.63) is 0 Å². The molecule has 0 aliphatic carbocycles. The van der Waals surface area contributed by atoms with Crippen LogP contribution >= 0.6 is 0 Å². The number of unbranched alkanes of at least 4 members (excludes halogenated alkanes) is 1. The second-order valence-electron chi connectivity index (χ2n) is 6.68. The third-order valence-electron chi connectivity index (χ3n) is 5.02. The van der Waals surface area contributed by atoms with E-state index >= 15 is 0 Å². The van der Waals surface area contributed by atoms with Gasteiger partial charge in [-0.25, -0.2) is 8.42 Å². The Kier molecular flexibility index (Phi) is 11.7. The lowest BCUT2D eigenvalue weighted by Gasteiger charge is -2.34. The molecule has 14 heteroatoms. The molecule has 0 aromatic rings. The Hall–Kier alpha value is -0.760. The molecule has 184 valence electrons. The van der Waals surface area contributed by atoms with Crippen LogP contribution in [0.4, 0.5) is 39.5 Å². The highest BCUT2D eigenvalue weighted by Crippen LogP contribution is 2.50. The van der Waals surface area contributed by atoms with Gasteiger partial charge in [0, 0.05) is 12.8 Å². The topological polar surface area (TPSA) is 57.2 Å². The molecule has 0 unspecified atom stereocenters. The van der Waals surface area contributed by atoms with Gasteiger partial charge in [0.1, 0.15) is 0 Å². The first kappa shape index (κ1) is 31.4. The van der Waals surface area contributed by atoms with Gasteiger partial charge in [0.25, 0.3) is 0 Å². The Morgan fingerprint density at radius 3 is 1.27 bits per heavy atom. The van der Waals surface area contributed by atoms with Crippen LogP contribution < -0.4 is 0 Å². The fourth-order valence-electron chi connectivity index (χ4n) is 2.54. The second-order valence-corrected chi connectivity index (χ2v) is 8.10. The maximum atomic E-state index is 12.9. The molecule has 0 saturated carbocycles. The highest BCUT2D eigenvalue weighted by molar-refractivity contribution is 7.86. The predicted octanol–water partition coefficient (Wildman–Crippen LogP) is 5.40. The summed E-state index contributed by atoms with van der Waals surface area (Å²) < 4.78 is 143. The van der Waals surface area contributed by atoms with Crippen molar-refractivity contribution in [3.8, 4) is 0 Å². The molecule has 0 aliphatic rings. The van der Waals surface area contributed by atoms with Gasteiger partial charge >= 0.3 is 23.3 Å².